The van der Waals surface area contributed by atoms with Gasteiger partial charge >= 0.3 is 0 Å². The van der Waals surface area contributed by atoms with Gasteiger partial charge in [0.05, 0.1) is 11.5 Å². The number of benzene rings is 2. The highest BCUT2D eigenvalue weighted by molar-refractivity contribution is 7.92. The van der Waals surface area contributed by atoms with Crippen LogP contribution in [0.1, 0.15) is 30.3 Å². The third-order valence-electron chi connectivity index (χ3n) is 4.53. The maximum absolute atomic E-state index is 12.6. The Hall–Kier alpha value is -3.46. The number of aromatic nitrogens is 2. The molecule has 0 aliphatic carbocycles. The molecule has 3 aromatic rings. The number of anilines is 2. The Morgan fingerprint density at radius 1 is 0.969 bits per heavy atom. The zero-order valence-corrected chi connectivity index (χ0v) is 19.1. The minimum Gasteiger partial charge on any atom is -0.494 e. The van der Waals surface area contributed by atoms with Crippen LogP contribution >= 0.6 is 0 Å². The Morgan fingerprint density at radius 3 is 2.19 bits per heavy atom. The lowest BCUT2D eigenvalue weighted by Gasteiger charge is -2.10. The van der Waals surface area contributed by atoms with Gasteiger partial charge in [0.25, 0.3) is 10.0 Å². The van der Waals surface area contributed by atoms with Gasteiger partial charge in [0.2, 0.25) is 11.9 Å². The van der Waals surface area contributed by atoms with Crippen LogP contribution < -0.4 is 14.8 Å². The van der Waals surface area contributed by atoms with Gasteiger partial charge in [-0.2, -0.15) is 0 Å². The summed E-state index contributed by atoms with van der Waals surface area (Å²) >= 11 is 0. The Bertz CT molecular complexity index is 1160. The van der Waals surface area contributed by atoms with Crippen molar-refractivity contribution in [1.29, 1.82) is 0 Å². The SMILES string of the molecule is CCOc1ccc(CCC(=O)Nc2ccc(S(=O)(=O)Nc3nc(C)cc(C)n3)cc2)cc1. The minimum absolute atomic E-state index is 0.0224. The van der Waals surface area contributed by atoms with Crippen molar-refractivity contribution < 1.29 is 17.9 Å². The molecule has 168 valence electrons. The number of carbonyl (C=O) groups excluding carboxylic acids is 1. The summed E-state index contributed by atoms with van der Waals surface area (Å²) in [6.45, 7) is 6.06. The molecule has 32 heavy (non-hydrogen) atoms. The second-order valence-corrected chi connectivity index (χ2v) is 8.91. The van der Waals surface area contributed by atoms with Gasteiger partial charge in [-0.3, -0.25) is 4.79 Å². The summed E-state index contributed by atoms with van der Waals surface area (Å²) in [7, 11) is -3.84. The van der Waals surface area contributed by atoms with Crippen LogP contribution in [0.5, 0.6) is 5.75 Å². The summed E-state index contributed by atoms with van der Waals surface area (Å²) in [6, 6.07) is 15.3. The van der Waals surface area contributed by atoms with Gasteiger partial charge in [-0.25, -0.2) is 23.1 Å². The Balaban J connectivity index is 1.56. The van der Waals surface area contributed by atoms with Crippen molar-refractivity contribution >= 4 is 27.6 Å². The maximum Gasteiger partial charge on any atom is 0.264 e. The first-order valence-corrected chi connectivity index (χ1v) is 11.7. The van der Waals surface area contributed by atoms with Crippen molar-refractivity contribution in [1.82, 2.24) is 9.97 Å². The zero-order chi connectivity index (χ0) is 23.1. The zero-order valence-electron chi connectivity index (χ0n) is 18.3. The first-order chi connectivity index (χ1) is 15.2. The molecule has 1 heterocycles. The number of sulfonamides is 1. The van der Waals surface area contributed by atoms with Gasteiger partial charge < -0.3 is 10.1 Å². The van der Waals surface area contributed by atoms with Crippen molar-refractivity contribution in [2.45, 2.75) is 38.5 Å². The number of amides is 1. The average molecular weight is 455 g/mol. The molecule has 2 aromatic carbocycles. The van der Waals surface area contributed by atoms with Gasteiger partial charge in [0, 0.05) is 23.5 Å². The maximum atomic E-state index is 12.6. The molecule has 0 fully saturated rings. The van der Waals surface area contributed by atoms with Crippen LogP contribution in [-0.2, 0) is 21.2 Å². The molecule has 0 atom stereocenters. The van der Waals surface area contributed by atoms with E-state index in [1.807, 2.05) is 31.2 Å². The quantitative estimate of drug-likeness (QED) is 0.508. The van der Waals surface area contributed by atoms with Gasteiger partial charge in [-0.05, 0) is 75.2 Å². The molecule has 8 nitrogen and oxygen atoms in total. The van der Waals surface area contributed by atoms with Crippen molar-refractivity contribution in [2.24, 2.45) is 0 Å². The van der Waals surface area contributed by atoms with E-state index in [4.69, 9.17) is 4.74 Å². The molecule has 0 aliphatic heterocycles. The molecule has 3 rings (SSSR count). The van der Waals surface area contributed by atoms with E-state index >= 15 is 0 Å². The number of nitrogens with one attached hydrogen (secondary N) is 2. The number of hydrogen-bond donors (Lipinski definition) is 2. The molecule has 0 spiro atoms. The standard InChI is InChI=1S/C23H26N4O4S/c1-4-31-20-10-5-18(6-11-20)7-14-22(28)26-19-8-12-21(13-9-19)32(29,30)27-23-24-16(2)15-17(3)25-23/h5-6,8-13,15H,4,7,14H2,1-3H3,(H,26,28)(H,24,25,27). The molecule has 0 aliphatic rings. The van der Waals surface area contributed by atoms with Crippen LogP contribution in [0.3, 0.4) is 0 Å². The molecule has 0 bridgehead atoms. The highest BCUT2D eigenvalue weighted by Gasteiger charge is 2.16. The lowest BCUT2D eigenvalue weighted by atomic mass is 10.1. The fraction of sp³-hybridized carbons (Fsp3) is 0.261. The van der Waals surface area contributed by atoms with E-state index in [1.165, 1.54) is 12.1 Å². The molecule has 0 saturated heterocycles. The molecule has 0 saturated carbocycles. The second kappa shape index (κ2) is 10.2. The van der Waals surface area contributed by atoms with Crippen LogP contribution in [0.4, 0.5) is 11.6 Å². The fourth-order valence-corrected chi connectivity index (χ4v) is 4.01. The Kier molecular flexibility index (Phi) is 7.42. The van der Waals surface area contributed by atoms with Crippen LogP contribution in [0.2, 0.25) is 0 Å². The number of hydrogen-bond acceptors (Lipinski definition) is 6. The van der Waals surface area contributed by atoms with E-state index in [2.05, 4.69) is 20.0 Å². The van der Waals surface area contributed by atoms with Gasteiger partial charge in [-0.1, -0.05) is 12.1 Å². The van der Waals surface area contributed by atoms with E-state index in [0.717, 1.165) is 11.3 Å². The number of rotatable bonds is 9. The van der Waals surface area contributed by atoms with E-state index in [-0.39, 0.29) is 16.8 Å². The normalized spacial score (nSPS) is 11.1. The first kappa shape index (κ1) is 23.2. The van der Waals surface area contributed by atoms with Crippen LogP contribution in [0.25, 0.3) is 0 Å². The van der Waals surface area contributed by atoms with Crippen molar-refractivity contribution in [3.8, 4) is 5.75 Å². The van der Waals surface area contributed by atoms with E-state index < -0.39 is 10.0 Å². The highest BCUT2D eigenvalue weighted by Crippen LogP contribution is 2.18. The monoisotopic (exact) mass is 454 g/mol. The summed E-state index contributed by atoms with van der Waals surface area (Å²) in [5, 5.41) is 2.78. The first-order valence-electron chi connectivity index (χ1n) is 10.2. The van der Waals surface area contributed by atoms with Crippen LogP contribution in [-0.4, -0.2) is 30.9 Å². The summed E-state index contributed by atoms with van der Waals surface area (Å²) < 4.78 is 33.0. The van der Waals surface area contributed by atoms with E-state index in [0.29, 0.717) is 36.5 Å². The molecular weight excluding hydrogens is 428 g/mol. The minimum atomic E-state index is -3.84. The number of aryl methyl sites for hydroxylation is 3. The smallest absolute Gasteiger partial charge is 0.264 e. The topological polar surface area (TPSA) is 110 Å². The molecule has 1 amide bonds. The second-order valence-electron chi connectivity index (χ2n) is 7.23. The Labute approximate surface area is 188 Å². The number of nitrogens with zero attached hydrogens (tertiary/aromatic N) is 2. The third kappa shape index (κ3) is 6.52. The van der Waals surface area contributed by atoms with E-state index in [9.17, 15) is 13.2 Å². The summed E-state index contributed by atoms with van der Waals surface area (Å²) in [5.74, 6) is 0.666. The van der Waals surface area contributed by atoms with Gasteiger partial charge in [-0.15, -0.1) is 0 Å². The van der Waals surface area contributed by atoms with Gasteiger partial charge in [0.15, 0.2) is 0 Å². The van der Waals surface area contributed by atoms with Gasteiger partial charge in [0.1, 0.15) is 5.75 Å². The molecule has 9 heteroatoms. The van der Waals surface area contributed by atoms with E-state index in [1.54, 1.807) is 32.0 Å². The predicted octanol–water partition coefficient (Wildman–Crippen LogP) is 3.86. The average Bonchev–Trinajstić information content (AvgIpc) is 2.73. The van der Waals surface area contributed by atoms with Crippen molar-refractivity contribution in [2.75, 3.05) is 16.6 Å². The lowest BCUT2D eigenvalue weighted by molar-refractivity contribution is -0.116. The third-order valence-corrected chi connectivity index (χ3v) is 5.88. The number of ether oxygens (including phenoxy) is 1. The highest BCUT2D eigenvalue weighted by atomic mass is 32.2. The summed E-state index contributed by atoms with van der Waals surface area (Å²) in [6.07, 6.45) is 0.893. The van der Waals surface area contributed by atoms with Crippen LogP contribution in [0, 0.1) is 13.8 Å². The fourth-order valence-electron chi connectivity index (χ4n) is 3.07. The molecule has 2 N–H and O–H groups in total. The van der Waals surface area contributed by atoms with Crippen molar-refractivity contribution in [3.63, 3.8) is 0 Å². The predicted molar refractivity (Wildman–Crippen MR) is 123 cm³/mol. The van der Waals surface area contributed by atoms with Crippen molar-refractivity contribution in [3.05, 3.63) is 71.5 Å². The largest absolute Gasteiger partial charge is 0.494 e. The number of carbonyl (C=O) groups is 1. The lowest BCUT2D eigenvalue weighted by Crippen LogP contribution is -2.16. The summed E-state index contributed by atoms with van der Waals surface area (Å²) in [5.41, 5.74) is 2.88. The van der Waals surface area contributed by atoms with Crippen LogP contribution in [0.15, 0.2) is 59.5 Å². The molecule has 1 aromatic heterocycles. The molecule has 0 radical (unpaired) electrons. The molecular formula is C23H26N4O4S. The molecule has 0 unspecified atom stereocenters. The summed E-state index contributed by atoms with van der Waals surface area (Å²) in [4.78, 5) is 20.5. The Morgan fingerprint density at radius 2 is 1.59 bits per heavy atom.